The number of aldehydes is 1. The van der Waals surface area contributed by atoms with Crippen molar-refractivity contribution < 1.29 is 4.79 Å². The van der Waals surface area contributed by atoms with Crippen LogP contribution in [0.1, 0.15) is 110 Å². The van der Waals surface area contributed by atoms with Gasteiger partial charge in [0.05, 0.1) is 9.09 Å². The summed E-state index contributed by atoms with van der Waals surface area (Å²) in [7, 11) is 0. The molecular formula is C39H46OS3. The number of benzene rings is 3. The summed E-state index contributed by atoms with van der Waals surface area (Å²) in [6, 6.07) is 24.6. The molecule has 3 aromatic carbocycles. The van der Waals surface area contributed by atoms with E-state index in [1.807, 2.05) is 23.1 Å². The van der Waals surface area contributed by atoms with E-state index in [4.69, 9.17) is 0 Å². The predicted molar refractivity (Wildman–Crippen MR) is 193 cm³/mol. The van der Waals surface area contributed by atoms with Gasteiger partial charge in [0.1, 0.15) is 0 Å². The second kappa shape index (κ2) is 16.6. The molecule has 0 aliphatic carbocycles. The Bertz CT molecular complexity index is 1550. The van der Waals surface area contributed by atoms with E-state index in [1.165, 1.54) is 123 Å². The predicted octanol–water partition coefficient (Wildman–Crippen LogP) is 13.6. The Balaban J connectivity index is 1.46. The molecule has 2 aromatic heterocycles. The molecule has 226 valence electrons. The van der Waals surface area contributed by atoms with Crippen LogP contribution in [0, 0.1) is 0 Å². The number of carbonyl (C=O) groups excluding carboxylic acids is 1. The van der Waals surface area contributed by atoms with Gasteiger partial charge in [-0.3, -0.25) is 4.79 Å². The van der Waals surface area contributed by atoms with Crippen molar-refractivity contribution in [1.29, 1.82) is 0 Å². The van der Waals surface area contributed by atoms with Crippen molar-refractivity contribution in [2.75, 3.05) is 0 Å². The Morgan fingerprint density at radius 1 is 0.605 bits per heavy atom. The summed E-state index contributed by atoms with van der Waals surface area (Å²) in [6.07, 6.45) is 18.9. The summed E-state index contributed by atoms with van der Waals surface area (Å²) in [6.45, 7) is 4.55. The largest absolute Gasteiger partial charge is 0.297 e. The van der Waals surface area contributed by atoms with Crippen LogP contribution in [0.25, 0.3) is 32.7 Å². The van der Waals surface area contributed by atoms with Crippen molar-refractivity contribution >= 4 is 62.3 Å². The fraction of sp³-hybridized carbons (Fsp3) is 0.410. The monoisotopic (exact) mass is 626 g/mol. The van der Waals surface area contributed by atoms with E-state index in [-0.39, 0.29) is 0 Å². The second-order valence-corrected chi connectivity index (χ2v) is 15.4. The molecule has 0 amide bonds. The van der Waals surface area contributed by atoms with Crippen molar-refractivity contribution in [2.45, 2.75) is 113 Å². The molecule has 4 heteroatoms. The number of fused-ring (bicyclic) bond motifs is 2. The molecule has 0 aliphatic heterocycles. The molecule has 1 nitrogen and oxygen atoms in total. The van der Waals surface area contributed by atoms with Gasteiger partial charge in [-0.05, 0) is 65.4 Å². The van der Waals surface area contributed by atoms with Crippen molar-refractivity contribution in [3.05, 3.63) is 81.4 Å². The first kappa shape index (κ1) is 32.0. The maximum Gasteiger partial charge on any atom is 0.160 e. The highest BCUT2D eigenvalue weighted by atomic mass is 32.2. The zero-order chi connectivity index (χ0) is 29.9. The fourth-order valence-corrected chi connectivity index (χ4v) is 9.79. The molecule has 2 heterocycles. The number of aryl methyl sites for hydroxylation is 2. The van der Waals surface area contributed by atoms with Gasteiger partial charge in [-0.25, -0.2) is 0 Å². The van der Waals surface area contributed by atoms with Gasteiger partial charge in [-0.15, -0.1) is 22.7 Å². The normalized spacial score (nSPS) is 11.6. The molecule has 5 aromatic rings. The van der Waals surface area contributed by atoms with Crippen LogP contribution in [0.2, 0.25) is 0 Å². The first-order valence-electron chi connectivity index (χ1n) is 16.5. The van der Waals surface area contributed by atoms with Crippen molar-refractivity contribution in [2.24, 2.45) is 0 Å². The summed E-state index contributed by atoms with van der Waals surface area (Å²) < 4.78 is 1.31. The zero-order valence-corrected chi connectivity index (χ0v) is 28.4. The lowest BCUT2D eigenvalue weighted by atomic mass is 10.0. The molecular weight excluding hydrogens is 581 g/mol. The number of rotatable bonds is 18. The summed E-state index contributed by atoms with van der Waals surface area (Å²) in [5.74, 6) is 0. The third kappa shape index (κ3) is 8.41. The van der Waals surface area contributed by atoms with E-state index in [2.05, 4.69) is 80.6 Å². The van der Waals surface area contributed by atoms with Crippen LogP contribution in [0.15, 0.2) is 75.8 Å². The Morgan fingerprint density at radius 3 is 1.70 bits per heavy atom. The first-order valence-corrected chi connectivity index (χ1v) is 19.0. The number of unbranched alkanes of at least 4 members (excludes halogenated alkanes) is 10. The highest BCUT2D eigenvalue weighted by Crippen LogP contribution is 2.48. The van der Waals surface area contributed by atoms with Crippen molar-refractivity contribution in [3.8, 4) is 11.1 Å². The summed E-state index contributed by atoms with van der Waals surface area (Å²) in [4.78, 5) is 17.4. The Morgan fingerprint density at radius 2 is 1.12 bits per heavy atom. The quantitative estimate of drug-likeness (QED) is 0.0547. The molecule has 0 bridgehead atoms. The third-order valence-corrected chi connectivity index (χ3v) is 12.1. The van der Waals surface area contributed by atoms with Crippen LogP contribution in [-0.4, -0.2) is 6.29 Å². The van der Waals surface area contributed by atoms with Crippen molar-refractivity contribution in [1.82, 2.24) is 0 Å². The standard InChI is InChI=1S/C39H46OS3/c1-3-5-7-9-11-13-21-31-26-35(37(28-40)41-31)36-27-32(22-14-12-10-8-6-4-2)42-39(36)43-38-33-23-17-15-19-29(33)25-30-20-16-18-24-34(30)38/h15-20,23-28H,3-14,21-22H2,1-2H3. The van der Waals surface area contributed by atoms with Crippen LogP contribution in [0.3, 0.4) is 0 Å². The van der Waals surface area contributed by atoms with Gasteiger partial charge in [0.25, 0.3) is 0 Å². The molecule has 0 saturated heterocycles. The maximum absolute atomic E-state index is 12.4. The molecule has 43 heavy (non-hydrogen) atoms. The van der Waals surface area contributed by atoms with E-state index in [0.29, 0.717) is 0 Å². The summed E-state index contributed by atoms with van der Waals surface area (Å²) in [5, 5.41) is 5.15. The first-order chi connectivity index (χ1) is 21.2. The lowest BCUT2D eigenvalue weighted by molar-refractivity contribution is 0.112. The smallest absolute Gasteiger partial charge is 0.160 e. The zero-order valence-electron chi connectivity index (χ0n) is 26.0. The fourth-order valence-electron chi connectivity index (χ4n) is 6.02. The third-order valence-electron chi connectivity index (χ3n) is 8.43. The molecule has 0 aliphatic rings. The van der Waals surface area contributed by atoms with Gasteiger partial charge in [0.2, 0.25) is 0 Å². The van der Waals surface area contributed by atoms with Gasteiger partial charge < -0.3 is 0 Å². The highest BCUT2D eigenvalue weighted by Gasteiger charge is 2.20. The van der Waals surface area contributed by atoms with Gasteiger partial charge >= 0.3 is 0 Å². The highest BCUT2D eigenvalue weighted by molar-refractivity contribution is 8.01. The molecule has 0 radical (unpaired) electrons. The summed E-state index contributed by atoms with van der Waals surface area (Å²) >= 11 is 5.56. The topological polar surface area (TPSA) is 17.1 Å². The van der Waals surface area contributed by atoms with Crippen LogP contribution in [0.4, 0.5) is 0 Å². The minimum absolute atomic E-state index is 0.884. The molecule has 5 rings (SSSR count). The molecule has 0 atom stereocenters. The Hall–Kier alpha value is -2.40. The number of hydrogen-bond acceptors (Lipinski definition) is 4. The minimum Gasteiger partial charge on any atom is -0.297 e. The van der Waals surface area contributed by atoms with Crippen LogP contribution in [-0.2, 0) is 12.8 Å². The molecule has 0 N–H and O–H groups in total. The van der Waals surface area contributed by atoms with E-state index >= 15 is 0 Å². The van der Waals surface area contributed by atoms with Gasteiger partial charge in [-0.1, -0.05) is 138 Å². The van der Waals surface area contributed by atoms with E-state index < -0.39 is 0 Å². The Kier molecular flexibility index (Phi) is 12.4. The van der Waals surface area contributed by atoms with Gasteiger partial charge in [0, 0.05) is 25.8 Å². The average Bonchev–Trinajstić information content (AvgIpc) is 3.63. The second-order valence-electron chi connectivity index (χ2n) is 11.8. The van der Waals surface area contributed by atoms with Crippen LogP contribution in [0.5, 0.6) is 0 Å². The van der Waals surface area contributed by atoms with Gasteiger partial charge in [-0.2, -0.15) is 0 Å². The van der Waals surface area contributed by atoms with E-state index in [9.17, 15) is 4.79 Å². The maximum atomic E-state index is 12.4. The summed E-state index contributed by atoms with van der Waals surface area (Å²) in [5.41, 5.74) is 2.39. The molecule has 0 unspecified atom stereocenters. The molecule has 0 saturated carbocycles. The SMILES string of the molecule is CCCCCCCCc1cc(-c2cc(CCCCCCCC)sc2Sc2c3ccccc3cc3ccccc23)c(C=O)s1. The van der Waals surface area contributed by atoms with Crippen LogP contribution >= 0.6 is 34.4 Å². The lowest BCUT2D eigenvalue weighted by Crippen LogP contribution is -1.84. The average molecular weight is 627 g/mol. The minimum atomic E-state index is 0.884. The van der Waals surface area contributed by atoms with Crippen LogP contribution < -0.4 is 0 Å². The number of hydrogen-bond donors (Lipinski definition) is 0. The lowest BCUT2D eigenvalue weighted by Gasteiger charge is -2.11. The molecule has 0 fully saturated rings. The molecule has 0 spiro atoms. The van der Waals surface area contributed by atoms with E-state index in [0.717, 1.165) is 29.6 Å². The number of thiophene rings is 2. The van der Waals surface area contributed by atoms with E-state index in [1.54, 1.807) is 11.3 Å². The number of carbonyl (C=O) groups is 1. The Labute approximate surface area is 271 Å². The van der Waals surface area contributed by atoms with Gasteiger partial charge in [0.15, 0.2) is 6.29 Å². The van der Waals surface area contributed by atoms with Crippen molar-refractivity contribution in [3.63, 3.8) is 0 Å².